The highest BCUT2D eigenvalue weighted by molar-refractivity contribution is 5.68. The van der Waals surface area contributed by atoms with Crippen molar-refractivity contribution >= 4 is 6.09 Å². The predicted molar refractivity (Wildman–Crippen MR) is 81.5 cm³/mol. The zero-order valence-electron chi connectivity index (χ0n) is 13.2. The van der Waals surface area contributed by atoms with E-state index in [9.17, 15) is 4.79 Å². The summed E-state index contributed by atoms with van der Waals surface area (Å²) >= 11 is 0. The summed E-state index contributed by atoms with van der Waals surface area (Å²) in [6, 6.07) is 0.487. The third-order valence-electron chi connectivity index (χ3n) is 3.38. The summed E-state index contributed by atoms with van der Waals surface area (Å²) < 4.78 is 5.49. The molecule has 1 N–H and O–H groups in total. The Morgan fingerprint density at radius 3 is 2.80 bits per heavy atom. The first-order chi connectivity index (χ1) is 9.33. The largest absolute Gasteiger partial charge is 0.444 e. The van der Waals surface area contributed by atoms with Gasteiger partial charge in [-0.15, -0.1) is 12.3 Å². The molecule has 1 heterocycles. The van der Waals surface area contributed by atoms with E-state index in [-0.39, 0.29) is 18.2 Å². The number of nitrogens with zero attached hydrogens (tertiary/aromatic N) is 1. The maximum absolute atomic E-state index is 12.2. The standard InChI is InChI=1S/C16H28N2O2/c1-6-9-13(2)17-12-14-10-7-8-11-18(14)15(19)20-16(3,4)5/h1,13-14,17H,7-12H2,2-5H3. The third-order valence-corrected chi connectivity index (χ3v) is 3.38. The number of likely N-dealkylation sites (tertiary alicyclic amines) is 1. The third kappa shape index (κ3) is 5.83. The van der Waals surface area contributed by atoms with Crippen molar-refractivity contribution in [3.8, 4) is 12.3 Å². The van der Waals surface area contributed by atoms with Crippen LogP contribution in [0.1, 0.15) is 53.4 Å². The Morgan fingerprint density at radius 2 is 2.20 bits per heavy atom. The van der Waals surface area contributed by atoms with Gasteiger partial charge in [0.15, 0.2) is 0 Å². The molecular weight excluding hydrogens is 252 g/mol. The maximum Gasteiger partial charge on any atom is 0.410 e. The summed E-state index contributed by atoms with van der Waals surface area (Å²) in [4.78, 5) is 14.1. The van der Waals surface area contributed by atoms with Crippen molar-refractivity contribution in [1.82, 2.24) is 10.2 Å². The first-order valence-corrected chi connectivity index (χ1v) is 7.50. The Kier molecular flexibility index (Phi) is 6.35. The minimum absolute atomic E-state index is 0.200. The average Bonchev–Trinajstić information content (AvgIpc) is 2.35. The van der Waals surface area contributed by atoms with Crippen LogP contribution in [0.5, 0.6) is 0 Å². The van der Waals surface area contributed by atoms with Gasteiger partial charge in [0.1, 0.15) is 5.60 Å². The molecule has 0 bridgehead atoms. The molecule has 4 heteroatoms. The van der Waals surface area contributed by atoms with E-state index in [1.165, 1.54) is 0 Å². The first-order valence-electron chi connectivity index (χ1n) is 7.50. The predicted octanol–water partition coefficient (Wildman–Crippen LogP) is 2.78. The fourth-order valence-electron chi connectivity index (χ4n) is 2.36. The molecule has 0 aromatic heterocycles. The lowest BCUT2D eigenvalue weighted by atomic mass is 10.0. The summed E-state index contributed by atoms with van der Waals surface area (Å²) in [5, 5.41) is 3.41. The van der Waals surface area contributed by atoms with Crippen molar-refractivity contribution < 1.29 is 9.53 Å². The second kappa shape index (κ2) is 7.54. The minimum atomic E-state index is -0.441. The fraction of sp³-hybridized carbons (Fsp3) is 0.812. The molecule has 0 aliphatic carbocycles. The van der Waals surface area contributed by atoms with Gasteiger partial charge in [0.2, 0.25) is 0 Å². The molecule has 1 rings (SSSR count). The second-order valence-electron chi connectivity index (χ2n) is 6.54. The maximum atomic E-state index is 12.2. The summed E-state index contributed by atoms with van der Waals surface area (Å²) in [5.41, 5.74) is -0.441. The Hall–Kier alpha value is -1.21. The number of hydrogen-bond donors (Lipinski definition) is 1. The first kappa shape index (κ1) is 16.8. The van der Waals surface area contributed by atoms with Gasteiger partial charge >= 0.3 is 6.09 Å². The number of terminal acetylenes is 1. The van der Waals surface area contributed by atoms with Gasteiger partial charge in [-0.1, -0.05) is 0 Å². The molecule has 0 saturated carbocycles. The van der Waals surface area contributed by atoms with Crippen LogP contribution in [0.25, 0.3) is 0 Å². The van der Waals surface area contributed by atoms with Crippen molar-refractivity contribution in [2.45, 2.75) is 71.1 Å². The SMILES string of the molecule is C#CCC(C)NCC1CCCCN1C(=O)OC(C)(C)C. The van der Waals surface area contributed by atoms with E-state index >= 15 is 0 Å². The fourth-order valence-corrected chi connectivity index (χ4v) is 2.36. The number of carbonyl (C=O) groups is 1. The van der Waals surface area contributed by atoms with Gasteiger partial charge in [0, 0.05) is 31.6 Å². The Morgan fingerprint density at radius 1 is 1.50 bits per heavy atom. The molecule has 1 saturated heterocycles. The van der Waals surface area contributed by atoms with E-state index in [1.807, 2.05) is 25.7 Å². The highest BCUT2D eigenvalue weighted by Gasteiger charge is 2.30. The van der Waals surface area contributed by atoms with Crippen LogP contribution in [0.15, 0.2) is 0 Å². The molecule has 0 spiro atoms. The van der Waals surface area contributed by atoms with Crippen LogP contribution in [0, 0.1) is 12.3 Å². The molecule has 0 aromatic carbocycles. The Balaban J connectivity index is 2.54. The Bertz CT molecular complexity index is 354. The number of carbonyl (C=O) groups excluding carboxylic acids is 1. The van der Waals surface area contributed by atoms with Crippen LogP contribution in [0.4, 0.5) is 4.79 Å². The number of rotatable bonds is 4. The van der Waals surface area contributed by atoms with Gasteiger partial charge in [-0.2, -0.15) is 0 Å². The van der Waals surface area contributed by atoms with Gasteiger partial charge in [-0.25, -0.2) is 4.79 Å². The molecule has 1 fully saturated rings. The van der Waals surface area contributed by atoms with Gasteiger partial charge in [-0.05, 0) is 47.0 Å². The zero-order chi connectivity index (χ0) is 15.2. The van der Waals surface area contributed by atoms with E-state index < -0.39 is 5.60 Å². The van der Waals surface area contributed by atoms with Crippen LogP contribution >= 0.6 is 0 Å². The van der Waals surface area contributed by atoms with Gasteiger partial charge in [-0.3, -0.25) is 0 Å². The Labute approximate surface area is 123 Å². The smallest absolute Gasteiger partial charge is 0.410 e. The molecule has 1 amide bonds. The van der Waals surface area contributed by atoms with Gasteiger partial charge in [0.25, 0.3) is 0 Å². The lowest BCUT2D eigenvalue weighted by Gasteiger charge is -2.37. The number of ether oxygens (including phenoxy) is 1. The van der Waals surface area contributed by atoms with Crippen LogP contribution in [-0.4, -0.2) is 41.8 Å². The molecule has 2 unspecified atom stereocenters. The van der Waals surface area contributed by atoms with Gasteiger partial charge in [0.05, 0.1) is 0 Å². The molecule has 1 aliphatic rings. The van der Waals surface area contributed by atoms with E-state index in [2.05, 4.69) is 18.2 Å². The number of hydrogen-bond acceptors (Lipinski definition) is 3. The van der Waals surface area contributed by atoms with Crippen molar-refractivity contribution in [3.63, 3.8) is 0 Å². The number of amides is 1. The molecular formula is C16H28N2O2. The summed E-state index contributed by atoms with van der Waals surface area (Å²) in [7, 11) is 0. The molecule has 20 heavy (non-hydrogen) atoms. The number of piperidine rings is 1. The minimum Gasteiger partial charge on any atom is -0.444 e. The molecule has 1 aliphatic heterocycles. The normalized spacial score (nSPS) is 21.1. The van der Waals surface area contributed by atoms with Crippen molar-refractivity contribution in [3.05, 3.63) is 0 Å². The molecule has 0 radical (unpaired) electrons. The average molecular weight is 280 g/mol. The molecule has 114 valence electrons. The van der Waals surface area contributed by atoms with E-state index in [0.717, 1.165) is 32.4 Å². The summed E-state index contributed by atoms with van der Waals surface area (Å²) in [6.45, 7) is 9.33. The summed E-state index contributed by atoms with van der Waals surface area (Å²) in [5.74, 6) is 2.65. The topological polar surface area (TPSA) is 41.6 Å². The quantitative estimate of drug-likeness (QED) is 0.805. The zero-order valence-corrected chi connectivity index (χ0v) is 13.2. The van der Waals surface area contributed by atoms with Gasteiger partial charge < -0.3 is 15.0 Å². The van der Waals surface area contributed by atoms with Crippen molar-refractivity contribution in [2.75, 3.05) is 13.1 Å². The van der Waals surface area contributed by atoms with Crippen LogP contribution < -0.4 is 5.32 Å². The van der Waals surface area contributed by atoms with E-state index in [1.54, 1.807) is 0 Å². The van der Waals surface area contributed by atoms with Crippen molar-refractivity contribution in [2.24, 2.45) is 0 Å². The monoisotopic (exact) mass is 280 g/mol. The van der Waals surface area contributed by atoms with Crippen LogP contribution in [-0.2, 0) is 4.74 Å². The lowest BCUT2D eigenvalue weighted by Crippen LogP contribution is -2.51. The molecule has 4 nitrogen and oxygen atoms in total. The van der Waals surface area contributed by atoms with E-state index in [4.69, 9.17) is 11.2 Å². The lowest BCUT2D eigenvalue weighted by molar-refractivity contribution is 0.00972. The van der Waals surface area contributed by atoms with Crippen molar-refractivity contribution in [1.29, 1.82) is 0 Å². The summed E-state index contributed by atoms with van der Waals surface area (Å²) in [6.07, 6.45) is 9.05. The molecule has 2 atom stereocenters. The van der Waals surface area contributed by atoms with Crippen LogP contribution in [0.2, 0.25) is 0 Å². The highest BCUT2D eigenvalue weighted by Crippen LogP contribution is 2.20. The molecule has 0 aromatic rings. The van der Waals surface area contributed by atoms with E-state index in [0.29, 0.717) is 6.42 Å². The highest BCUT2D eigenvalue weighted by atomic mass is 16.6. The second-order valence-corrected chi connectivity index (χ2v) is 6.54. The van der Waals surface area contributed by atoms with Crippen LogP contribution in [0.3, 0.4) is 0 Å². The number of nitrogens with one attached hydrogen (secondary N) is 1.